The van der Waals surface area contributed by atoms with Crippen LogP contribution >= 0.6 is 0 Å². The molecule has 2 aromatic rings. The molecule has 5 N–H and O–H groups in total. The van der Waals surface area contributed by atoms with Crippen molar-refractivity contribution in [3.8, 4) is 17.0 Å². The van der Waals surface area contributed by atoms with E-state index in [4.69, 9.17) is 5.73 Å². The molecular weight excluding hydrogens is 290 g/mol. The van der Waals surface area contributed by atoms with Gasteiger partial charge in [-0.15, -0.1) is 0 Å². The molecule has 0 spiro atoms. The molecule has 1 aromatic heterocycles. The van der Waals surface area contributed by atoms with E-state index >= 15 is 0 Å². The summed E-state index contributed by atoms with van der Waals surface area (Å²) >= 11 is 0. The van der Waals surface area contributed by atoms with Crippen molar-refractivity contribution in [1.29, 1.82) is 0 Å². The van der Waals surface area contributed by atoms with Crippen molar-refractivity contribution in [2.45, 2.75) is 31.8 Å². The molecule has 0 saturated carbocycles. The number of nitrogen functional groups attached to an aromatic ring is 1. The maximum atomic E-state index is 10.1. The zero-order chi connectivity index (χ0) is 16.4. The molecule has 23 heavy (non-hydrogen) atoms. The molecule has 0 radical (unpaired) electrons. The van der Waals surface area contributed by atoms with Crippen LogP contribution in [0.1, 0.15) is 42.9 Å². The number of benzene rings is 1. The van der Waals surface area contributed by atoms with Gasteiger partial charge in [0.1, 0.15) is 11.6 Å². The third-order valence-corrected chi connectivity index (χ3v) is 4.45. The number of rotatable bonds is 3. The van der Waals surface area contributed by atoms with Gasteiger partial charge in [-0.3, -0.25) is 0 Å². The molecule has 0 amide bonds. The molecule has 1 aromatic carbocycles. The number of nitrogens with zero attached hydrogens (tertiary/aromatic N) is 1. The Hall–Kier alpha value is -2.11. The number of pyridine rings is 1. The van der Waals surface area contributed by atoms with Crippen molar-refractivity contribution < 1.29 is 10.2 Å². The topological polar surface area (TPSA) is 91.4 Å². The number of hydrogen-bond donors (Lipinski definition) is 4. The van der Waals surface area contributed by atoms with E-state index in [1.165, 1.54) is 0 Å². The molecule has 1 aliphatic rings. The highest BCUT2D eigenvalue weighted by atomic mass is 16.3. The quantitative estimate of drug-likeness (QED) is 0.699. The number of aliphatic hydroxyl groups is 1. The molecule has 1 aliphatic heterocycles. The van der Waals surface area contributed by atoms with Gasteiger partial charge in [-0.2, -0.15) is 0 Å². The lowest BCUT2D eigenvalue weighted by Crippen LogP contribution is -2.29. The third-order valence-electron chi connectivity index (χ3n) is 4.45. The number of piperidine rings is 1. The first-order valence-corrected chi connectivity index (χ1v) is 8.05. The number of para-hydroxylation sites is 1. The number of anilines is 1. The third kappa shape index (κ3) is 3.16. The molecule has 1 saturated heterocycles. The van der Waals surface area contributed by atoms with Crippen molar-refractivity contribution >= 4 is 5.82 Å². The average molecular weight is 313 g/mol. The first-order chi connectivity index (χ1) is 11.1. The highest BCUT2D eigenvalue weighted by Gasteiger charge is 2.24. The van der Waals surface area contributed by atoms with Gasteiger partial charge in [-0.25, -0.2) is 4.98 Å². The monoisotopic (exact) mass is 313 g/mol. The lowest BCUT2D eigenvalue weighted by Gasteiger charge is -2.27. The van der Waals surface area contributed by atoms with Crippen LogP contribution in [0.15, 0.2) is 30.3 Å². The fraction of sp³-hybridized carbons (Fsp3) is 0.389. The Morgan fingerprint density at radius 2 is 2.13 bits per heavy atom. The summed E-state index contributed by atoms with van der Waals surface area (Å²) in [5.41, 5.74) is 9.17. The summed E-state index contributed by atoms with van der Waals surface area (Å²) < 4.78 is 0. The predicted octanol–water partition coefficient (Wildman–Crippen LogP) is 2.56. The highest BCUT2D eigenvalue weighted by molar-refractivity contribution is 5.70. The van der Waals surface area contributed by atoms with E-state index in [2.05, 4.69) is 10.3 Å². The standard InChI is InChI=1S/C18H23N3O2/c1-11(22)17-14(12-5-4-8-20-10-12)9-15(21-18(17)19)13-6-2-3-7-16(13)23/h2-3,6-7,9,11-12,20,22-23H,4-5,8,10H2,1H3,(H2,19,21). The second-order valence-corrected chi connectivity index (χ2v) is 6.13. The number of hydrogen-bond acceptors (Lipinski definition) is 5. The molecule has 122 valence electrons. The molecule has 1 fully saturated rings. The smallest absolute Gasteiger partial charge is 0.130 e. The van der Waals surface area contributed by atoms with Crippen LogP contribution in [-0.2, 0) is 0 Å². The largest absolute Gasteiger partial charge is 0.507 e. The van der Waals surface area contributed by atoms with Crippen molar-refractivity contribution in [2.24, 2.45) is 0 Å². The molecule has 2 unspecified atom stereocenters. The molecule has 2 heterocycles. The fourth-order valence-corrected chi connectivity index (χ4v) is 3.33. The van der Waals surface area contributed by atoms with Crippen molar-refractivity contribution in [2.75, 3.05) is 18.8 Å². The van der Waals surface area contributed by atoms with Gasteiger partial charge in [-0.1, -0.05) is 12.1 Å². The fourth-order valence-electron chi connectivity index (χ4n) is 3.33. The van der Waals surface area contributed by atoms with E-state index in [1.54, 1.807) is 19.1 Å². The van der Waals surface area contributed by atoms with E-state index in [0.29, 0.717) is 28.6 Å². The van der Waals surface area contributed by atoms with Crippen LogP contribution in [0.2, 0.25) is 0 Å². The van der Waals surface area contributed by atoms with E-state index in [0.717, 1.165) is 31.5 Å². The Morgan fingerprint density at radius 3 is 2.78 bits per heavy atom. The molecule has 0 bridgehead atoms. The number of nitrogens with one attached hydrogen (secondary N) is 1. The molecule has 5 nitrogen and oxygen atoms in total. The van der Waals surface area contributed by atoms with Crippen molar-refractivity contribution in [3.05, 3.63) is 41.5 Å². The van der Waals surface area contributed by atoms with Gasteiger partial charge < -0.3 is 21.3 Å². The Morgan fingerprint density at radius 1 is 1.35 bits per heavy atom. The molecular formula is C18H23N3O2. The normalized spacial score (nSPS) is 19.5. The molecule has 2 atom stereocenters. The zero-order valence-electron chi connectivity index (χ0n) is 13.3. The second-order valence-electron chi connectivity index (χ2n) is 6.13. The summed E-state index contributed by atoms with van der Waals surface area (Å²) in [6.45, 7) is 3.60. The Kier molecular flexibility index (Phi) is 4.50. The first-order valence-electron chi connectivity index (χ1n) is 8.05. The molecule has 0 aliphatic carbocycles. The molecule has 5 heteroatoms. The van der Waals surface area contributed by atoms with E-state index in [1.807, 2.05) is 18.2 Å². The summed E-state index contributed by atoms with van der Waals surface area (Å²) in [5.74, 6) is 0.807. The van der Waals surface area contributed by atoms with Crippen LogP contribution in [0.4, 0.5) is 5.82 Å². The van der Waals surface area contributed by atoms with Crippen LogP contribution in [0, 0.1) is 0 Å². The number of aliphatic hydroxyl groups excluding tert-OH is 1. The van der Waals surface area contributed by atoms with E-state index in [9.17, 15) is 10.2 Å². The van der Waals surface area contributed by atoms with Gasteiger partial charge in [-0.05, 0) is 56.0 Å². The summed E-state index contributed by atoms with van der Waals surface area (Å²) in [6, 6.07) is 9.06. The highest BCUT2D eigenvalue weighted by Crippen LogP contribution is 2.37. The SMILES string of the molecule is CC(O)c1c(C2CCCNC2)cc(-c2ccccc2O)nc1N. The lowest BCUT2D eigenvalue weighted by molar-refractivity contribution is 0.197. The molecule has 3 rings (SSSR count). The number of nitrogens with two attached hydrogens (primary N) is 1. The van der Waals surface area contributed by atoms with Gasteiger partial charge in [0.2, 0.25) is 0 Å². The summed E-state index contributed by atoms with van der Waals surface area (Å²) in [4.78, 5) is 4.42. The predicted molar refractivity (Wildman–Crippen MR) is 91.2 cm³/mol. The minimum atomic E-state index is -0.669. The van der Waals surface area contributed by atoms with Gasteiger partial charge in [0.25, 0.3) is 0 Å². The first kappa shape index (κ1) is 15.8. The van der Waals surface area contributed by atoms with Crippen molar-refractivity contribution in [3.63, 3.8) is 0 Å². The van der Waals surface area contributed by atoms with Gasteiger partial charge in [0.05, 0.1) is 11.8 Å². The number of phenolic OH excluding ortho intramolecular Hbond substituents is 1. The second kappa shape index (κ2) is 6.56. The number of aromatic nitrogens is 1. The summed E-state index contributed by atoms with van der Waals surface area (Å²) in [5, 5.41) is 23.6. The maximum absolute atomic E-state index is 10.1. The van der Waals surface area contributed by atoms with Crippen molar-refractivity contribution in [1.82, 2.24) is 10.3 Å². The Labute approximate surface area is 136 Å². The number of phenols is 1. The van der Waals surface area contributed by atoms with Crippen LogP contribution in [0.3, 0.4) is 0 Å². The van der Waals surface area contributed by atoms with Gasteiger partial charge in [0.15, 0.2) is 0 Å². The zero-order valence-corrected chi connectivity index (χ0v) is 13.3. The van der Waals surface area contributed by atoms with Crippen LogP contribution in [0.25, 0.3) is 11.3 Å². The number of aromatic hydroxyl groups is 1. The van der Waals surface area contributed by atoms with Crippen LogP contribution < -0.4 is 11.1 Å². The lowest BCUT2D eigenvalue weighted by atomic mass is 9.86. The average Bonchev–Trinajstić information content (AvgIpc) is 2.55. The minimum Gasteiger partial charge on any atom is -0.507 e. The maximum Gasteiger partial charge on any atom is 0.130 e. The Bertz CT molecular complexity index is 695. The van der Waals surface area contributed by atoms with Crippen LogP contribution in [-0.4, -0.2) is 28.3 Å². The van der Waals surface area contributed by atoms with Crippen LogP contribution in [0.5, 0.6) is 5.75 Å². The minimum absolute atomic E-state index is 0.178. The summed E-state index contributed by atoms with van der Waals surface area (Å²) in [7, 11) is 0. The Balaban J connectivity index is 2.13. The van der Waals surface area contributed by atoms with Gasteiger partial charge >= 0.3 is 0 Å². The van der Waals surface area contributed by atoms with Gasteiger partial charge in [0, 0.05) is 17.7 Å². The summed E-state index contributed by atoms with van der Waals surface area (Å²) in [6.07, 6.45) is 1.48. The van der Waals surface area contributed by atoms with E-state index < -0.39 is 6.10 Å². The van der Waals surface area contributed by atoms with E-state index in [-0.39, 0.29) is 5.75 Å².